The van der Waals surface area contributed by atoms with Crippen LogP contribution in [0.1, 0.15) is 10.5 Å². The van der Waals surface area contributed by atoms with E-state index >= 15 is 0 Å². The van der Waals surface area contributed by atoms with E-state index in [1.165, 1.54) is 25.9 Å². The van der Waals surface area contributed by atoms with E-state index in [1.807, 2.05) is 30.3 Å². The highest BCUT2D eigenvalue weighted by Crippen LogP contribution is 2.20. The summed E-state index contributed by atoms with van der Waals surface area (Å²) in [5.74, 6) is 0.0684. The number of ether oxygens (including phenoxy) is 1. The fraction of sp³-hybridized carbons (Fsp3) is 0.227. The summed E-state index contributed by atoms with van der Waals surface area (Å²) >= 11 is 0. The van der Waals surface area contributed by atoms with Crippen molar-refractivity contribution in [2.24, 2.45) is 0 Å². The second kappa shape index (κ2) is 9.74. The Kier molecular flexibility index (Phi) is 6.35. The van der Waals surface area contributed by atoms with Crippen LogP contribution in [0.5, 0.6) is 0 Å². The lowest BCUT2D eigenvalue weighted by molar-refractivity contribution is 0.0730. The Hall–Kier alpha value is -3.94. The summed E-state index contributed by atoms with van der Waals surface area (Å²) in [6.07, 6.45) is 1.64. The molecular formula is C22H22N8O4S. The summed E-state index contributed by atoms with van der Waals surface area (Å²) in [5.41, 5.74) is 1.50. The molecule has 1 aliphatic heterocycles. The Morgan fingerprint density at radius 3 is 2.46 bits per heavy atom. The van der Waals surface area contributed by atoms with E-state index in [1.54, 1.807) is 24.4 Å². The molecule has 1 aliphatic rings. The van der Waals surface area contributed by atoms with Gasteiger partial charge < -0.3 is 10.1 Å². The Morgan fingerprint density at radius 1 is 0.971 bits per heavy atom. The fourth-order valence-corrected chi connectivity index (χ4v) is 4.95. The van der Waals surface area contributed by atoms with Crippen molar-refractivity contribution >= 4 is 21.6 Å². The molecule has 0 aliphatic carbocycles. The summed E-state index contributed by atoms with van der Waals surface area (Å²) < 4.78 is 33.6. The number of nitrogens with one attached hydrogen (secondary N) is 1. The van der Waals surface area contributed by atoms with Crippen LogP contribution in [0.25, 0.3) is 11.4 Å². The van der Waals surface area contributed by atoms with Crippen LogP contribution in [0, 0.1) is 0 Å². The fourth-order valence-electron chi connectivity index (χ4n) is 3.54. The van der Waals surface area contributed by atoms with Gasteiger partial charge in [-0.15, -0.1) is 15.0 Å². The van der Waals surface area contributed by atoms with Crippen LogP contribution < -0.4 is 5.32 Å². The molecule has 0 radical (unpaired) electrons. The Labute approximate surface area is 201 Å². The number of hydrogen-bond acceptors (Lipinski definition) is 8. The summed E-state index contributed by atoms with van der Waals surface area (Å²) in [7, 11) is -3.60. The molecule has 0 spiro atoms. The maximum absolute atomic E-state index is 12.7. The summed E-state index contributed by atoms with van der Waals surface area (Å²) in [5, 5.41) is 19.4. The minimum absolute atomic E-state index is 0.164. The van der Waals surface area contributed by atoms with Gasteiger partial charge in [-0.25, -0.2) is 13.1 Å². The van der Waals surface area contributed by atoms with E-state index in [0.29, 0.717) is 37.8 Å². The number of rotatable bonds is 7. The zero-order valence-electron chi connectivity index (χ0n) is 18.6. The summed E-state index contributed by atoms with van der Waals surface area (Å²) in [6, 6.07) is 17.1. The van der Waals surface area contributed by atoms with Gasteiger partial charge in [0.2, 0.25) is 15.8 Å². The van der Waals surface area contributed by atoms with E-state index in [-0.39, 0.29) is 17.3 Å². The number of nitrogens with zero attached hydrogens (tertiary/aromatic N) is 7. The van der Waals surface area contributed by atoms with Gasteiger partial charge in [-0.2, -0.15) is 9.40 Å². The highest BCUT2D eigenvalue weighted by Gasteiger charge is 2.26. The number of carbonyl (C=O) groups excluding carboxylic acids is 1. The number of morpholine rings is 1. The number of tetrazole rings is 1. The molecule has 0 unspecified atom stereocenters. The van der Waals surface area contributed by atoms with Gasteiger partial charge in [-0.05, 0) is 35.5 Å². The van der Waals surface area contributed by atoms with Crippen molar-refractivity contribution in [3.05, 3.63) is 72.6 Å². The standard InChI is InChI=1S/C22H22N8O4S/c31-22(23-18-6-8-19(9-7-18)35(32,33)29-12-14-34-15-13-29)20-10-11-28(25-20)16-30-26-21(24-27-30)17-4-2-1-3-5-17/h1-11H,12-16H2,(H,23,31). The molecule has 4 aromatic rings. The Morgan fingerprint density at radius 2 is 1.71 bits per heavy atom. The molecule has 13 heteroatoms. The van der Waals surface area contributed by atoms with Gasteiger partial charge in [-0.3, -0.25) is 4.79 Å². The van der Waals surface area contributed by atoms with Crippen LogP contribution in [-0.2, 0) is 21.4 Å². The van der Waals surface area contributed by atoms with Gasteiger partial charge in [0.05, 0.1) is 18.1 Å². The van der Waals surface area contributed by atoms with Gasteiger partial charge in [0.25, 0.3) is 5.91 Å². The van der Waals surface area contributed by atoms with Gasteiger partial charge >= 0.3 is 0 Å². The van der Waals surface area contributed by atoms with E-state index in [9.17, 15) is 13.2 Å². The molecule has 0 atom stereocenters. The third-order valence-electron chi connectivity index (χ3n) is 5.35. The zero-order valence-corrected chi connectivity index (χ0v) is 19.4. The molecule has 1 saturated heterocycles. The molecule has 1 fully saturated rings. The predicted molar refractivity (Wildman–Crippen MR) is 125 cm³/mol. The molecule has 2 aromatic heterocycles. The average molecular weight is 495 g/mol. The van der Waals surface area contributed by atoms with Crippen LogP contribution in [0.4, 0.5) is 5.69 Å². The van der Waals surface area contributed by atoms with Crippen molar-refractivity contribution in [2.75, 3.05) is 31.6 Å². The van der Waals surface area contributed by atoms with Crippen molar-refractivity contribution in [1.29, 1.82) is 0 Å². The molecule has 180 valence electrons. The smallest absolute Gasteiger partial charge is 0.276 e. The Balaban J connectivity index is 1.21. The van der Waals surface area contributed by atoms with Gasteiger partial charge in [0.1, 0.15) is 0 Å². The largest absolute Gasteiger partial charge is 0.379 e. The molecular weight excluding hydrogens is 472 g/mol. The number of sulfonamides is 1. The number of carbonyl (C=O) groups is 1. The number of benzene rings is 2. The highest BCUT2D eigenvalue weighted by molar-refractivity contribution is 7.89. The molecule has 1 amide bonds. The molecule has 3 heterocycles. The number of anilines is 1. The van der Waals surface area contributed by atoms with Crippen LogP contribution in [0.3, 0.4) is 0 Å². The molecule has 5 rings (SSSR count). The first-order valence-corrected chi connectivity index (χ1v) is 12.3. The van der Waals surface area contributed by atoms with Crippen molar-refractivity contribution in [3.63, 3.8) is 0 Å². The Bertz CT molecular complexity index is 1410. The lowest BCUT2D eigenvalue weighted by atomic mass is 10.2. The lowest BCUT2D eigenvalue weighted by Gasteiger charge is -2.26. The van der Waals surface area contributed by atoms with Crippen LogP contribution in [0.2, 0.25) is 0 Å². The minimum atomic E-state index is -3.60. The quantitative estimate of drug-likeness (QED) is 0.406. The predicted octanol–water partition coefficient (Wildman–Crippen LogP) is 1.32. The summed E-state index contributed by atoms with van der Waals surface area (Å²) in [4.78, 5) is 14.2. The number of hydrogen-bond donors (Lipinski definition) is 1. The first-order chi connectivity index (χ1) is 17.0. The molecule has 12 nitrogen and oxygen atoms in total. The topological polar surface area (TPSA) is 137 Å². The normalized spacial score (nSPS) is 14.6. The summed E-state index contributed by atoms with van der Waals surface area (Å²) in [6.45, 7) is 1.58. The van der Waals surface area contributed by atoms with Crippen LogP contribution >= 0.6 is 0 Å². The maximum Gasteiger partial charge on any atom is 0.276 e. The molecule has 0 bridgehead atoms. The number of aromatic nitrogens is 6. The van der Waals surface area contributed by atoms with Crippen LogP contribution in [-0.4, -0.2) is 74.9 Å². The minimum Gasteiger partial charge on any atom is -0.379 e. The van der Waals surface area contributed by atoms with Crippen LogP contribution in [0.15, 0.2) is 71.8 Å². The van der Waals surface area contributed by atoms with Crippen molar-refractivity contribution in [1.82, 2.24) is 34.3 Å². The second-order valence-electron chi connectivity index (χ2n) is 7.73. The molecule has 2 aromatic carbocycles. The van der Waals surface area contributed by atoms with Crippen molar-refractivity contribution < 1.29 is 17.9 Å². The van der Waals surface area contributed by atoms with Gasteiger partial charge in [0, 0.05) is 30.5 Å². The van der Waals surface area contributed by atoms with Crippen molar-refractivity contribution in [2.45, 2.75) is 11.6 Å². The van der Waals surface area contributed by atoms with Gasteiger partial charge in [0.15, 0.2) is 12.4 Å². The van der Waals surface area contributed by atoms with Gasteiger partial charge in [-0.1, -0.05) is 30.3 Å². The van der Waals surface area contributed by atoms with E-state index in [0.717, 1.165) is 5.56 Å². The SMILES string of the molecule is O=C(Nc1ccc(S(=O)(=O)N2CCOCC2)cc1)c1ccn(Cn2nnc(-c3ccccc3)n2)n1. The molecule has 0 saturated carbocycles. The van der Waals surface area contributed by atoms with Crippen molar-refractivity contribution in [3.8, 4) is 11.4 Å². The molecule has 35 heavy (non-hydrogen) atoms. The second-order valence-corrected chi connectivity index (χ2v) is 9.67. The highest BCUT2D eigenvalue weighted by atomic mass is 32.2. The first-order valence-electron chi connectivity index (χ1n) is 10.8. The average Bonchev–Trinajstić information content (AvgIpc) is 3.56. The third kappa shape index (κ3) is 5.11. The molecule has 1 N–H and O–H groups in total. The third-order valence-corrected chi connectivity index (χ3v) is 7.26. The van der Waals surface area contributed by atoms with E-state index < -0.39 is 15.9 Å². The zero-order chi connectivity index (χ0) is 24.3. The maximum atomic E-state index is 12.7. The van der Waals surface area contributed by atoms with E-state index in [2.05, 4.69) is 25.8 Å². The van der Waals surface area contributed by atoms with E-state index in [4.69, 9.17) is 4.74 Å². The monoisotopic (exact) mass is 494 g/mol. The lowest BCUT2D eigenvalue weighted by Crippen LogP contribution is -2.40. The number of amides is 1. The first kappa shape index (κ1) is 22.8.